The van der Waals surface area contributed by atoms with E-state index in [0.29, 0.717) is 21.7 Å². The van der Waals surface area contributed by atoms with Gasteiger partial charge in [0.2, 0.25) is 0 Å². The molecule has 1 aliphatic rings. The quantitative estimate of drug-likeness (QED) is 0.621. The van der Waals surface area contributed by atoms with Crippen LogP contribution in [0.25, 0.3) is 11.1 Å². The summed E-state index contributed by atoms with van der Waals surface area (Å²) >= 11 is 1.23. The molecule has 1 unspecified atom stereocenters. The first-order valence-electron chi connectivity index (χ1n) is 9.52. The Labute approximate surface area is 177 Å². The first-order chi connectivity index (χ1) is 14.6. The van der Waals surface area contributed by atoms with Gasteiger partial charge in [-0.1, -0.05) is 48.5 Å². The van der Waals surface area contributed by atoms with E-state index in [1.54, 1.807) is 30.5 Å². The van der Waals surface area contributed by atoms with E-state index in [9.17, 15) is 14.4 Å². The van der Waals surface area contributed by atoms with Gasteiger partial charge in [0.1, 0.15) is 10.6 Å². The molecule has 2 aromatic carbocycles. The van der Waals surface area contributed by atoms with Crippen LogP contribution in [0.4, 0.5) is 5.00 Å². The molecule has 0 saturated heterocycles. The van der Waals surface area contributed by atoms with Crippen LogP contribution < -0.4 is 5.32 Å². The highest BCUT2D eigenvalue weighted by Crippen LogP contribution is 2.36. The van der Waals surface area contributed by atoms with Crippen LogP contribution in [0, 0.1) is 0 Å². The summed E-state index contributed by atoms with van der Waals surface area (Å²) < 4.78 is 10.5. The van der Waals surface area contributed by atoms with Gasteiger partial charge in [0.15, 0.2) is 6.10 Å². The topological polar surface area (TPSA) is 81.7 Å². The summed E-state index contributed by atoms with van der Waals surface area (Å²) in [6.07, 6.45) is -0.691. The Morgan fingerprint density at radius 2 is 1.83 bits per heavy atom. The highest BCUT2D eigenvalue weighted by atomic mass is 32.1. The van der Waals surface area contributed by atoms with Crippen molar-refractivity contribution >= 4 is 34.2 Å². The molecule has 152 valence electrons. The molecule has 1 N–H and O–H groups in total. The van der Waals surface area contributed by atoms with Gasteiger partial charge >= 0.3 is 11.9 Å². The van der Waals surface area contributed by atoms with E-state index in [1.165, 1.54) is 11.3 Å². The number of carbonyl (C=O) groups excluding carboxylic acids is 3. The molecule has 0 radical (unpaired) electrons. The SMILES string of the molecule is CCOC(=O)c1c(-c2ccccc2)csc1NC(=O)C1Cc2ccccc2C(=O)O1. The van der Waals surface area contributed by atoms with Crippen LogP contribution in [0.5, 0.6) is 0 Å². The number of fused-ring (bicyclic) bond motifs is 1. The molecule has 0 spiro atoms. The summed E-state index contributed by atoms with van der Waals surface area (Å²) in [5.74, 6) is -1.53. The monoisotopic (exact) mass is 421 g/mol. The van der Waals surface area contributed by atoms with Crippen molar-refractivity contribution in [1.29, 1.82) is 0 Å². The molecule has 30 heavy (non-hydrogen) atoms. The smallest absolute Gasteiger partial charge is 0.341 e. The number of ether oxygens (including phenoxy) is 2. The first-order valence-corrected chi connectivity index (χ1v) is 10.4. The molecule has 0 saturated carbocycles. The van der Waals surface area contributed by atoms with Gasteiger partial charge in [0.05, 0.1) is 12.2 Å². The summed E-state index contributed by atoms with van der Waals surface area (Å²) in [6.45, 7) is 1.94. The average molecular weight is 421 g/mol. The van der Waals surface area contributed by atoms with Crippen molar-refractivity contribution in [2.75, 3.05) is 11.9 Å². The lowest BCUT2D eigenvalue weighted by Gasteiger charge is -2.23. The summed E-state index contributed by atoms with van der Waals surface area (Å²) in [7, 11) is 0. The number of thiophene rings is 1. The average Bonchev–Trinajstić information content (AvgIpc) is 3.18. The van der Waals surface area contributed by atoms with Crippen LogP contribution in [0.2, 0.25) is 0 Å². The number of hydrogen-bond acceptors (Lipinski definition) is 6. The van der Waals surface area contributed by atoms with Crippen LogP contribution in [0.15, 0.2) is 60.0 Å². The number of nitrogens with one attached hydrogen (secondary N) is 1. The molecule has 0 bridgehead atoms. The van der Waals surface area contributed by atoms with Crippen molar-refractivity contribution in [3.63, 3.8) is 0 Å². The minimum Gasteiger partial charge on any atom is -0.462 e. The molecule has 1 atom stereocenters. The lowest BCUT2D eigenvalue weighted by atomic mass is 9.98. The Morgan fingerprint density at radius 1 is 1.10 bits per heavy atom. The number of hydrogen-bond donors (Lipinski definition) is 1. The van der Waals surface area contributed by atoms with E-state index < -0.39 is 23.9 Å². The molecule has 1 amide bonds. The molecule has 0 aliphatic carbocycles. The van der Waals surface area contributed by atoms with Crippen LogP contribution >= 0.6 is 11.3 Å². The highest BCUT2D eigenvalue weighted by molar-refractivity contribution is 7.15. The van der Waals surface area contributed by atoms with Gasteiger partial charge < -0.3 is 14.8 Å². The van der Waals surface area contributed by atoms with E-state index in [0.717, 1.165) is 11.1 Å². The van der Waals surface area contributed by atoms with E-state index in [4.69, 9.17) is 9.47 Å². The predicted molar refractivity (Wildman–Crippen MR) is 114 cm³/mol. The standard InChI is InChI=1S/C23H19NO5S/c1-2-28-23(27)19-17(14-8-4-3-5-9-14)13-30-21(19)24-20(25)18-12-15-10-6-7-11-16(15)22(26)29-18/h3-11,13,18H,2,12H2,1H3,(H,24,25). The van der Waals surface area contributed by atoms with Gasteiger partial charge in [-0.3, -0.25) is 4.79 Å². The van der Waals surface area contributed by atoms with Crippen molar-refractivity contribution in [1.82, 2.24) is 0 Å². The lowest BCUT2D eigenvalue weighted by molar-refractivity contribution is -0.125. The summed E-state index contributed by atoms with van der Waals surface area (Å²) in [6, 6.07) is 16.5. The number of anilines is 1. The van der Waals surface area contributed by atoms with Crippen LogP contribution in [-0.2, 0) is 20.7 Å². The largest absolute Gasteiger partial charge is 0.462 e. The Bertz CT molecular complexity index is 1110. The van der Waals surface area contributed by atoms with Gasteiger partial charge in [-0.2, -0.15) is 0 Å². The van der Waals surface area contributed by atoms with Gasteiger partial charge in [0, 0.05) is 17.4 Å². The zero-order valence-corrected chi connectivity index (χ0v) is 17.0. The summed E-state index contributed by atoms with van der Waals surface area (Å²) in [4.78, 5) is 37.7. The second kappa shape index (κ2) is 8.51. The number of rotatable bonds is 5. The third-order valence-electron chi connectivity index (χ3n) is 4.78. The normalized spacial score (nSPS) is 15.1. The fourth-order valence-corrected chi connectivity index (χ4v) is 4.32. The Hall–Kier alpha value is -3.45. The van der Waals surface area contributed by atoms with Crippen LogP contribution in [-0.4, -0.2) is 30.6 Å². The molecular weight excluding hydrogens is 402 g/mol. The Kier molecular flexibility index (Phi) is 5.63. The third-order valence-corrected chi connectivity index (χ3v) is 5.67. The number of amides is 1. The number of cyclic esters (lactones) is 1. The second-order valence-electron chi connectivity index (χ2n) is 6.68. The fourth-order valence-electron chi connectivity index (χ4n) is 3.36. The molecule has 0 fully saturated rings. The maximum Gasteiger partial charge on any atom is 0.341 e. The van der Waals surface area contributed by atoms with Crippen LogP contribution in [0.1, 0.15) is 33.2 Å². The van der Waals surface area contributed by atoms with E-state index in [2.05, 4.69) is 5.32 Å². The molecule has 2 heterocycles. The van der Waals surface area contributed by atoms with Gasteiger partial charge in [-0.05, 0) is 24.1 Å². The van der Waals surface area contributed by atoms with Crippen molar-refractivity contribution < 1.29 is 23.9 Å². The highest BCUT2D eigenvalue weighted by Gasteiger charge is 2.32. The summed E-state index contributed by atoms with van der Waals surface area (Å²) in [5.41, 5.74) is 3.05. The maximum absolute atomic E-state index is 12.9. The molecule has 6 nitrogen and oxygen atoms in total. The molecule has 1 aromatic heterocycles. The minimum atomic E-state index is -0.968. The van der Waals surface area contributed by atoms with Crippen molar-refractivity contribution in [2.24, 2.45) is 0 Å². The zero-order valence-electron chi connectivity index (χ0n) is 16.2. The van der Waals surface area contributed by atoms with Crippen molar-refractivity contribution in [3.05, 3.63) is 76.7 Å². The van der Waals surface area contributed by atoms with Gasteiger partial charge in [-0.25, -0.2) is 9.59 Å². The Morgan fingerprint density at radius 3 is 2.60 bits per heavy atom. The second-order valence-corrected chi connectivity index (χ2v) is 7.56. The number of carbonyl (C=O) groups is 3. The van der Waals surface area contributed by atoms with Crippen LogP contribution in [0.3, 0.4) is 0 Å². The molecular formula is C23H19NO5S. The predicted octanol–water partition coefficient (Wildman–Crippen LogP) is 4.31. The van der Waals surface area contributed by atoms with E-state index in [1.807, 2.05) is 36.4 Å². The van der Waals surface area contributed by atoms with Gasteiger partial charge in [0.25, 0.3) is 5.91 Å². The third kappa shape index (κ3) is 3.84. The first kappa shape index (κ1) is 19.8. The Balaban J connectivity index is 1.62. The van der Waals surface area contributed by atoms with Crippen molar-refractivity contribution in [2.45, 2.75) is 19.4 Å². The van der Waals surface area contributed by atoms with E-state index in [-0.39, 0.29) is 13.0 Å². The molecule has 3 aromatic rings. The number of benzene rings is 2. The maximum atomic E-state index is 12.9. The van der Waals surface area contributed by atoms with Crippen molar-refractivity contribution in [3.8, 4) is 11.1 Å². The van der Waals surface area contributed by atoms with E-state index >= 15 is 0 Å². The van der Waals surface area contributed by atoms with Gasteiger partial charge in [-0.15, -0.1) is 11.3 Å². The zero-order chi connectivity index (χ0) is 21.1. The minimum absolute atomic E-state index is 0.216. The number of esters is 2. The molecule has 7 heteroatoms. The molecule has 1 aliphatic heterocycles. The fraction of sp³-hybridized carbons (Fsp3) is 0.174. The summed E-state index contributed by atoms with van der Waals surface area (Å²) in [5, 5.41) is 4.94. The molecule has 4 rings (SSSR count). The lowest BCUT2D eigenvalue weighted by Crippen LogP contribution is -2.38.